The number of halogens is 3. The van der Waals surface area contributed by atoms with Crippen molar-refractivity contribution in [3.63, 3.8) is 0 Å². The number of Topliss-reactive ketones (excluding diaryl/α,β-unsaturated/α-hetero) is 1. The van der Waals surface area contributed by atoms with Gasteiger partial charge in [0.15, 0.2) is 5.78 Å². The second-order valence-corrected chi connectivity index (χ2v) is 5.09. The van der Waals surface area contributed by atoms with E-state index in [1.807, 2.05) is 32.0 Å². The van der Waals surface area contributed by atoms with Gasteiger partial charge in [-0.1, -0.05) is 30.3 Å². The Morgan fingerprint density at radius 1 is 0.952 bits per heavy atom. The van der Waals surface area contributed by atoms with E-state index in [2.05, 4.69) is 0 Å². The second-order valence-electron chi connectivity index (χ2n) is 5.09. The molecule has 0 aliphatic heterocycles. The van der Waals surface area contributed by atoms with Gasteiger partial charge < -0.3 is 0 Å². The largest absolute Gasteiger partial charge is 0.416 e. The van der Waals surface area contributed by atoms with Crippen molar-refractivity contribution in [1.82, 2.24) is 0 Å². The van der Waals surface area contributed by atoms with Crippen molar-refractivity contribution in [2.24, 2.45) is 0 Å². The molecule has 2 aromatic rings. The molecule has 0 amide bonds. The molecule has 2 rings (SSSR count). The van der Waals surface area contributed by atoms with E-state index in [-0.39, 0.29) is 12.2 Å². The van der Waals surface area contributed by atoms with E-state index in [0.717, 1.165) is 28.8 Å². The molecular formula is C17H15F3O. The van der Waals surface area contributed by atoms with Gasteiger partial charge in [0, 0.05) is 12.0 Å². The number of ketones is 1. The van der Waals surface area contributed by atoms with Gasteiger partial charge in [0.25, 0.3) is 0 Å². The standard InChI is InChI=1S/C17H15F3O/c1-11-3-4-13(9-12(11)2)10-16(21)14-5-7-15(8-6-14)17(18,19)20/h3-9H,10H2,1-2H3. The first-order chi connectivity index (χ1) is 9.77. The van der Waals surface area contributed by atoms with Crippen molar-refractivity contribution in [3.05, 3.63) is 70.3 Å². The fourth-order valence-electron chi connectivity index (χ4n) is 2.05. The summed E-state index contributed by atoms with van der Waals surface area (Å²) in [5, 5.41) is 0. The molecule has 4 heteroatoms. The van der Waals surface area contributed by atoms with Crippen LogP contribution in [-0.4, -0.2) is 5.78 Å². The normalized spacial score (nSPS) is 11.5. The van der Waals surface area contributed by atoms with Crippen molar-refractivity contribution in [2.45, 2.75) is 26.4 Å². The number of benzene rings is 2. The lowest BCUT2D eigenvalue weighted by Crippen LogP contribution is -2.07. The third kappa shape index (κ3) is 3.72. The molecule has 0 radical (unpaired) electrons. The number of carbonyl (C=O) groups is 1. The Balaban J connectivity index is 2.15. The van der Waals surface area contributed by atoms with Crippen LogP contribution in [0.4, 0.5) is 13.2 Å². The van der Waals surface area contributed by atoms with Crippen LogP contribution in [0.1, 0.15) is 32.6 Å². The van der Waals surface area contributed by atoms with Gasteiger partial charge in [-0.05, 0) is 42.7 Å². The van der Waals surface area contributed by atoms with Crippen LogP contribution >= 0.6 is 0 Å². The fraction of sp³-hybridized carbons (Fsp3) is 0.235. The van der Waals surface area contributed by atoms with E-state index < -0.39 is 11.7 Å². The predicted molar refractivity (Wildman–Crippen MR) is 75.4 cm³/mol. The number of rotatable bonds is 3. The molecule has 0 bridgehead atoms. The van der Waals surface area contributed by atoms with Crippen molar-refractivity contribution < 1.29 is 18.0 Å². The number of alkyl halides is 3. The summed E-state index contributed by atoms with van der Waals surface area (Å²) < 4.78 is 37.4. The third-order valence-corrected chi connectivity index (χ3v) is 3.47. The lowest BCUT2D eigenvalue weighted by molar-refractivity contribution is -0.137. The summed E-state index contributed by atoms with van der Waals surface area (Å²) >= 11 is 0. The summed E-state index contributed by atoms with van der Waals surface area (Å²) in [6.45, 7) is 3.94. The molecule has 0 saturated carbocycles. The van der Waals surface area contributed by atoms with Gasteiger partial charge in [0.05, 0.1) is 5.56 Å². The second kappa shape index (κ2) is 5.72. The molecule has 110 valence electrons. The zero-order valence-electron chi connectivity index (χ0n) is 11.8. The van der Waals surface area contributed by atoms with Crippen LogP contribution in [0.3, 0.4) is 0 Å². The maximum absolute atomic E-state index is 12.5. The van der Waals surface area contributed by atoms with Gasteiger partial charge in [-0.15, -0.1) is 0 Å². The molecule has 1 nitrogen and oxygen atoms in total. The first kappa shape index (κ1) is 15.3. The van der Waals surface area contributed by atoms with Crippen LogP contribution in [0.2, 0.25) is 0 Å². The highest BCUT2D eigenvalue weighted by Crippen LogP contribution is 2.29. The van der Waals surface area contributed by atoms with Crippen LogP contribution < -0.4 is 0 Å². The summed E-state index contributed by atoms with van der Waals surface area (Å²) in [5.74, 6) is -0.188. The molecule has 21 heavy (non-hydrogen) atoms. The average molecular weight is 292 g/mol. The van der Waals surface area contributed by atoms with Crippen LogP contribution in [-0.2, 0) is 12.6 Å². The zero-order chi connectivity index (χ0) is 15.6. The number of hydrogen-bond acceptors (Lipinski definition) is 1. The number of carbonyl (C=O) groups excluding carboxylic acids is 1. The molecule has 0 aromatic heterocycles. The highest BCUT2D eigenvalue weighted by atomic mass is 19.4. The van der Waals surface area contributed by atoms with Gasteiger partial charge >= 0.3 is 6.18 Å². The van der Waals surface area contributed by atoms with Crippen LogP contribution in [0.15, 0.2) is 42.5 Å². The lowest BCUT2D eigenvalue weighted by Gasteiger charge is -2.08. The third-order valence-electron chi connectivity index (χ3n) is 3.47. The highest BCUT2D eigenvalue weighted by molar-refractivity contribution is 5.97. The molecule has 0 spiro atoms. The van der Waals surface area contributed by atoms with E-state index >= 15 is 0 Å². The predicted octanol–water partition coefficient (Wildman–Crippen LogP) is 4.75. The monoisotopic (exact) mass is 292 g/mol. The SMILES string of the molecule is Cc1ccc(CC(=O)c2ccc(C(F)(F)F)cc2)cc1C. The quantitative estimate of drug-likeness (QED) is 0.746. The summed E-state index contributed by atoms with van der Waals surface area (Å²) in [6.07, 6.45) is -4.19. The van der Waals surface area contributed by atoms with Gasteiger partial charge in [-0.2, -0.15) is 13.2 Å². The first-order valence-corrected chi connectivity index (χ1v) is 6.54. The van der Waals surface area contributed by atoms with Gasteiger partial charge in [0.1, 0.15) is 0 Å². The molecule has 0 heterocycles. The minimum Gasteiger partial charge on any atom is -0.294 e. The smallest absolute Gasteiger partial charge is 0.294 e. The Labute approximate surface area is 121 Å². The van der Waals surface area contributed by atoms with E-state index in [0.29, 0.717) is 5.56 Å². The maximum Gasteiger partial charge on any atom is 0.416 e. The molecule has 0 unspecified atom stereocenters. The van der Waals surface area contributed by atoms with Crippen LogP contribution in [0.25, 0.3) is 0 Å². The molecule has 0 N–H and O–H groups in total. The Kier molecular flexibility index (Phi) is 4.16. The van der Waals surface area contributed by atoms with E-state index in [4.69, 9.17) is 0 Å². The highest BCUT2D eigenvalue weighted by Gasteiger charge is 2.30. The topological polar surface area (TPSA) is 17.1 Å². The van der Waals surface area contributed by atoms with E-state index in [1.54, 1.807) is 0 Å². The van der Waals surface area contributed by atoms with Crippen LogP contribution in [0.5, 0.6) is 0 Å². The van der Waals surface area contributed by atoms with Crippen molar-refractivity contribution in [3.8, 4) is 0 Å². The summed E-state index contributed by atoms with van der Waals surface area (Å²) in [6, 6.07) is 10.1. The van der Waals surface area contributed by atoms with Gasteiger partial charge in [0.2, 0.25) is 0 Å². The van der Waals surface area contributed by atoms with E-state index in [9.17, 15) is 18.0 Å². The van der Waals surface area contributed by atoms with Crippen molar-refractivity contribution >= 4 is 5.78 Å². The summed E-state index contributed by atoms with van der Waals surface area (Å²) in [5.41, 5.74) is 2.64. The Morgan fingerprint density at radius 2 is 1.57 bits per heavy atom. The Morgan fingerprint density at radius 3 is 2.10 bits per heavy atom. The number of aryl methyl sites for hydroxylation is 2. The fourth-order valence-corrected chi connectivity index (χ4v) is 2.05. The Bertz CT molecular complexity index is 655. The van der Waals surface area contributed by atoms with Crippen molar-refractivity contribution in [1.29, 1.82) is 0 Å². The lowest BCUT2D eigenvalue weighted by atomic mass is 9.99. The maximum atomic E-state index is 12.5. The minimum absolute atomic E-state index is 0.187. The molecule has 0 fully saturated rings. The molecular weight excluding hydrogens is 277 g/mol. The summed E-state index contributed by atoms with van der Waals surface area (Å²) in [7, 11) is 0. The molecule has 0 aliphatic carbocycles. The Hall–Kier alpha value is -2.10. The molecule has 2 aromatic carbocycles. The molecule has 0 saturated heterocycles. The van der Waals surface area contributed by atoms with Crippen molar-refractivity contribution in [2.75, 3.05) is 0 Å². The van der Waals surface area contributed by atoms with Crippen LogP contribution in [0, 0.1) is 13.8 Å². The minimum atomic E-state index is -4.38. The number of hydrogen-bond donors (Lipinski definition) is 0. The molecule has 0 aliphatic rings. The van der Waals surface area contributed by atoms with E-state index in [1.165, 1.54) is 12.1 Å². The van der Waals surface area contributed by atoms with Gasteiger partial charge in [-0.25, -0.2) is 0 Å². The van der Waals surface area contributed by atoms with Gasteiger partial charge in [-0.3, -0.25) is 4.79 Å². The summed E-state index contributed by atoms with van der Waals surface area (Å²) in [4.78, 5) is 12.1. The zero-order valence-corrected chi connectivity index (χ0v) is 11.8. The first-order valence-electron chi connectivity index (χ1n) is 6.54. The average Bonchev–Trinajstić information content (AvgIpc) is 2.42. The molecule has 0 atom stereocenters.